The number of hydrogen-bond donors (Lipinski definition) is 2. The van der Waals surface area contributed by atoms with Gasteiger partial charge in [-0.05, 0) is 43.9 Å². The molecule has 2 saturated carbocycles. The predicted octanol–water partition coefficient (Wildman–Crippen LogP) is 4.82. The van der Waals surface area contributed by atoms with Gasteiger partial charge in [0.25, 0.3) is 0 Å². The van der Waals surface area contributed by atoms with Gasteiger partial charge in [0.2, 0.25) is 0 Å². The first-order valence-electron chi connectivity index (χ1n) is 11.0. The van der Waals surface area contributed by atoms with E-state index >= 15 is 0 Å². The van der Waals surface area contributed by atoms with E-state index in [1.165, 1.54) is 57.8 Å². The van der Waals surface area contributed by atoms with Crippen molar-refractivity contribution in [1.82, 2.24) is 20.4 Å². The standard InChI is InChI=1S/C22H33N5O.HI/c1-2-7-18(8-3-1)25-22(23-14-12-21-11-6-16-28-21)24-17-19-13-15-27(26-19)20-9-4-5-10-20;/h6,11,13,15-16,18,20H,1-5,7-10,12,14,17H2,(H2,23,24,25);1H. The summed E-state index contributed by atoms with van der Waals surface area (Å²) in [6.07, 6.45) is 16.3. The van der Waals surface area contributed by atoms with Crippen LogP contribution in [0.5, 0.6) is 0 Å². The zero-order chi connectivity index (χ0) is 19.0. The fourth-order valence-corrected chi connectivity index (χ4v) is 4.35. The summed E-state index contributed by atoms with van der Waals surface area (Å²) in [5, 5.41) is 11.9. The van der Waals surface area contributed by atoms with E-state index < -0.39 is 0 Å². The third-order valence-corrected chi connectivity index (χ3v) is 5.95. The van der Waals surface area contributed by atoms with Gasteiger partial charge in [-0.25, -0.2) is 4.99 Å². The lowest BCUT2D eigenvalue weighted by Gasteiger charge is -2.25. The number of hydrogen-bond acceptors (Lipinski definition) is 3. The lowest BCUT2D eigenvalue weighted by atomic mass is 9.96. The molecule has 2 aromatic heterocycles. The van der Waals surface area contributed by atoms with Gasteiger partial charge in [-0.2, -0.15) is 5.10 Å². The van der Waals surface area contributed by atoms with Crippen molar-refractivity contribution in [3.05, 3.63) is 42.1 Å². The van der Waals surface area contributed by atoms with Crippen molar-refractivity contribution < 1.29 is 4.42 Å². The molecule has 0 radical (unpaired) electrons. The van der Waals surface area contributed by atoms with Crippen LogP contribution in [-0.4, -0.2) is 28.3 Å². The molecule has 0 atom stereocenters. The van der Waals surface area contributed by atoms with Crippen molar-refractivity contribution in [2.75, 3.05) is 6.54 Å². The molecule has 2 aliphatic rings. The normalized spacial score (nSPS) is 18.6. The van der Waals surface area contributed by atoms with Crippen molar-refractivity contribution in [3.63, 3.8) is 0 Å². The van der Waals surface area contributed by atoms with Crippen LogP contribution in [0, 0.1) is 0 Å². The SMILES string of the molecule is I.c1coc(CCNC(=NCc2ccn(C3CCCC3)n2)NC2CCCCC2)c1. The second-order valence-corrected chi connectivity index (χ2v) is 8.13. The van der Waals surface area contributed by atoms with Crippen molar-refractivity contribution in [1.29, 1.82) is 0 Å². The van der Waals surface area contributed by atoms with Crippen molar-refractivity contribution >= 4 is 29.9 Å². The first-order valence-corrected chi connectivity index (χ1v) is 11.0. The molecule has 0 spiro atoms. The number of nitrogens with zero attached hydrogens (tertiary/aromatic N) is 3. The summed E-state index contributed by atoms with van der Waals surface area (Å²) < 4.78 is 7.58. The number of aliphatic imine (C=N–C) groups is 1. The van der Waals surface area contributed by atoms with Crippen LogP contribution in [0.1, 0.15) is 75.3 Å². The second kappa shape index (κ2) is 11.6. The lowest BCUT2D eigenvalue weighted by Crippen LogP contribution is -2.44. The van der Waals surface area contributed by atoms with Crippen LogP contribution in [0.25, 0.3) is 0 Å². The van der Waals surface area contributed by atoms with E-state index in [-0.39, 0.29) is 24.0 Å². The number of nitrogens with one attached hydrogen (secondary N) is 2. The molecule has 2 N–H and O–H groups in total. The number of furan rings is 1. The highest BCUT2D eigenvalue weighted by Crippen LogP contribution is 2.28. The maximum Gasteiger partial charge on any atom is 0.191 e. The molecular formula is C22H34IN5O. The number of aromatic nitrogens is 2. The fraction of sp³-hybridized carbons (Fsp3) is 0.636. The lowest BCUT2D eigenvalue weighted by molar-refractivity contribution is 0.409. The monoisotopic (exact) mass is 511 g/mol. The van der Waals surface area contributed by atoms with Gasteiger partial charge in [-0.15, -0.1) is 24.0 Å². The summed E-state index contributed by atoms with van der Waals surface area (Å²) in [5.41, 5.74) is 1.04. The Morgan fingerprint density at radius 3 is 2.66 bits per heavy atom. The third kappa shape index (κ3) is 6.76. The van der Waals surface area contributed by atoms with E-state index in [1.54, 1.807) is 6.26 Å². The van der Waals surface area contributed by atoms with Crippen molar-refractivity contribution in [3.8, 4) is 0 Å². The molecule has 0 aliphatic heterocycles. The van der Waals surface area contributed by atoms with Crippen LogP contribution in [0.2, 0.25) is 0 Å². The van der Waals surface area contributed by atoms with Gasteiger partial charge in [0.15, 0.2) is 5.96 Å². The summed E-state index contributed by atoms with van der Waals surface area (Å²) in [6.45, 7) is 1.42. The zero-order valence-corrected chi connectivity index (χ0v) is 19.5. The van der Waals surface area contributed by atoms with E-state index in [1.807, 2.05) is 12.1 Å². The number of guanidine groups is 1. The Balaban J connectivity index is 0.00000240. The molecule has 6 nitrogen and oxygen atoms in total. The Hall–Kier alpha value is -1.51. The summed E-state index contributed by atoms with van der Waals surface area (Å²) in [7, 11) is 0. The molecule has 7 heteroatoms. The molecule has 2 aliphatic carbocycles. The van der Waals surface area contributed by atoms with E-state index in [2.05, 4.69) is 27.6 Å². The quantitative estimate of drug-likeness (QED) is 0.318. The maximum atomic E-state index is 5.43. The van der Waals surface area contributed by atoms with Crippen LogP contribution < -0.4 is 10.6 Å². The summed E-state index contributed by atoms with van der Waals surface area (Å²) in [4.78, 5) is 4.83. The zero-order valence-electron chi connectivity index (χ0n) is 17.2. The molecule has 29 heavy (non-hydrogen) atoms. The van der Waals surface area contributed by atoms with E-state index in [9.17, 15) is 0 Å². The minimum absolute atomic E-state index is 0. The predicted molar refractivity (Wildman–Crippen MR) is 127 cm³/mol. The molecule has 0 aromatic carbocycles. The fourth-order valence-electron chi connectivity index (χ4n) is 4.35. The van der Waals surface area contributed by atoms with Gasteiger partial charge in [0.1, 0.15) is 5.76 Å². The molecule has 4 rings (SSSR count). The first-order chi connectivity index (χ1) is 13.9. The topological polar surface area (TPSA) is 67.4 Å². The highest BCUT2D eigenvalue weighted by atomic mass is 127. The van der Waals surface area contributed by atoms with Gasteiger partial charge < -0.3 is 15.1 Å². The molecule has 0 unspecified atom stereocenters. The van der Waals surface area contributed by atoms with Crippen LogP contribution in [0.3, 0.4) is 0 Å². The summed E-state index contributed by atoms with van der Waals surface area (Å²) in [5.74, 6) is 1.90. The molecule has 160 valence electrons. The molecular weight excluding hydrogens is 477 g/mol. The molecule has 0 saturated heterocycles. The molecule has 2 heterocycles. The average Bonchev–Trinajstić information content (AvgIpc) is 3.49. The van der Waals surface area contributed by atoms with Gasteiger partial charge >= 0.3 is 0 Å². The molecule has 0 bridgehead atoms. The van der Waals surface area contributed by atoms with Crippen LogP contribution in [-0.2, 0) is 13.0 Å². The van der Waals surface area contributed by atoms with Crippen LogP contribution in [0.15, 0.2) is 40.1 Å². The number of rotatable bonds is 7. The van der Waals surface area contributed by atoms with Crippen molar-refractivity contribution in [2.45, 2.75) is 82.8 Å². The Labute approximate surface area is 190 Å². The largest absolute Gasteiger partial charge is 0.469 e. The smallest absolute Gasteiger partial charge is 0.191 e. The third-order valence-electron chi connectivity index (χ3n) is 5.95. The Bertz CT molecular complexity index is 730. The Kier molecular flexibility index (Phi) is 8.89. The highest BCUT2D eigenvalue weighted by Gasteiger charge is 2.18. The Morgan fingerprint density at radius 2 is 1.90 bits per heavy atom. The van der Waals surface area contributed by atoms with Gasteiger partial charge in [-0.3, -0.25) is 4.68 Å². The van der Waals surface area contributed by atoms with Crippen LogP contribution in [0.4, 0.5) is 0 Å². The van der Waals surface area contributed by atoms with Crippen LogP contribution >= 0.6 is 24.0 Å². The van der Waals surface area contributed by atoms with E-state index in [4.69, 9.17) is 14.5 Å². The van der Waals surface area contributed by atoms with Gasteiger partial charge in [-0.1, -0.05) is 32.1 Å². The summed E-state index contributed by atoms with van der Waals surface area (Å²) in [6, 6.07) is 7.18. The molecule has 2 aromatic rings. The first kappa shape index (κ1) is 22.2. The average molecular weight is 511 g/mol. The van der Waals surface area contributed by atoms with E-state index in [0.717, 1.165) is 30.4 Å². The highest BCUT2D eigenvalue weighted by molar-refractivity contribution is 14.0. The maximum absolute atomic E-state index is 5.43. The second-order valence-electron chi connectivity index (χ2n) is 8.13. The minimum Gasteiger partial charge on any atom is -0.469 e. The molecule has 0 amide bonds. The molecule has 2 fully saturated rings. The summed E-state index contributed by atoms with van der Waals surface area (Å²) >= 11 is 0. The van der Waals surface area contributed by atoms with E-state index in [0.29, 0.717) is 18.6 Å². The van der Waals surface area contributed by atoms with Crippen molar-refractivity contribution in [2.24, 2.45) is 4.99 Å². The number of halogens is 1. The van der Waals surface area contributed by atoms with Gasteiger partial charge in [0.05, 0.1) is 24.5 Å². The Morgan fingerprint density at radius 1 is 1.10 bits per heavy atom. The van der Waals surface area contributed by atoms with Gasteiger partial charge in [0, 0.05) is 25.2 Å². The minimum atomic E-state index is 0.